The maximum Gasteiger partial charge on any atom is 0.307 e. The second-order valence-corrected chi connectivity index (χ2v) is 3.99. The van der Waals surface area contributed by atoms with E-state index in [0.717, 1.165) is 11.3 Å². The second-order valence-electron chi connectivity index (χ2n) is 2.97. The number of H-pyrrole nitrogens is 1. The van der Waals surface area contributed by atoms with Crippen molar-refractivity contribution in [1.29, 1.82) is 0 Å². The van der Waals surface area contributed by atoms with E-state index in [1.54, 1.807) is 18.2 Å². The average molecular weight is 236 g/mol. The molecule has 0 bridgehead atoms. The smallest absolute Gasteiger partial charge is 0.307 e. The molecule has 3 N–H and O–H groups in total. The minimum absolute atomic E-state index is 0.0427. The Morgan fingerprint density at radius 2 is 2.06 bits per heavy atom. The van der Waals surface area contributed by atoms with Crippen molar-refractivity contribution in [3.63, 3.8) is 0 Å². The minimum atomic E-state index is -0.351. The monoisotopic (exact) mass is 236 g/mol. The largest absolute Gasteiger partial charge is 0.506 e. The van der Waals surface area contributed by atoms with Crippen LogP contribution in [0.25, 0.3) is 0 Å². The first-order valence-corrected chi connectivity index (χ1v) is 5.22. The van der Waals surface area contributed by atoms with Gasteiger partial charge in [-0.2, -0.15) is 0 Å². The first-order chi connectivity index (χ1) is 7.66. The molecule has 0 saturated carbocycles. The van der Waals surface area contributed by atoms with Crippen LogP contribution in [0, 0.1) is 0 Å². The fourth-order valence-corrected chi connectivity index (χ4v) is 1.72. The number of phenolic OH excluding ortho intramolecular Hbond substituents is 1. The summed E-state index contributed by atoms with van der Waals surface area (Å²) in [5.74, 6) is -0.171. The molecule has 2 rings (SSSR count). The maximum atomic E-state index is 10.9. The molecule has 0 radical (unpaired) electrons. The summed E-state index contributed by atoms with van der Waals surface area (Å²) in [5.41, 5.74) is 0.378. The summed E-state index contributed by atoms with van der Waals surface area (Å²) in [6.07, 6.45) is 1.33. The number of aliphatic imine (C=N–C) groups is 1. The highest BCUT2D eigenvalue weighted by molar-refractivity contribution is 7.11. The van der Waals surface area contributed by atoms with Crippen LogP contribution in [-0.4, -0.2) is 21.4 Å². The van der Waals surface area contributed by atoms with Gasteiger partial charge in [-0.15, -0.1) is 0 Å². The number of aromatic hydroxyl groups is 2. The number of nitrogens with one attached hydrogen (secondary N) is 1. The second kappa shape index (κ2) is 4.19. The molecule has 5 nitrogen and oxygen atoms in total. The lowest BCUT2D eigenvalue weighted by Crippen LogP contribution is -1.89. The molecule has 6 heteroatoms. The molecule has 0 saturated heterocycles. The van der Waals surface area contributed by atoms with Crippen molar-refractivity contribution in [3.05, 3.63) is 38.8 Å². The lowest BCUT2D eigenvalue weighted by Gasteiger charge is -1.95. The van der Waals surface area contributed by atoms with Crippen molar-refractivity contribution in [2.24, 2.45) is 4.99 Å². The number of para-hydroxylation sites is 2. The van der Waals surface area contributed by atoms with Crippen LogP contribution in [0.2, 0.25) is 0 Å². The highest BCUT2D eigenvalue weighted by atomic mass is 32.1. The van der Waals surface area contributed by atoms with Gasteiger partial charge in [0, 0.05) is 0 Å². The Labute approximate surface area is 94.4 Å². The van der Waals surface area contributed by atoms with Gasteiger partial charge in [0.25, 0.3) is 0 Å². The van der Waals surface area contributed by atoms with Crippen LogP contribution in [0.1, 0.15) is 4.88 Å². The highest BCUT2D eigenvalue weighted by Gasteiger charge is 2.03. The van der Waals surface area contributed by atoms with Gasteiger partial charge in [-0.05, 0) is 12.1 Å². The topological polar surface area (TPSA) is 85.7 Å². The summed E-state index contributed by atoms with van der Waals surface area (Å²) in [6.45, 7) is 0. The zero-order valence-corrected chi connectivity index (χ0v) is 8.86. The molecule has 82 valence electrons. The Bertz CT molecular complexity index is 586. The van der Waals surface area contributed by atoms with Gasteiger partial charge in [0.15, 0.2) is 0 Å². The predicted molar refractivity (Wildman–Crippen MR) is 62.0 cm³/mol. The number of phenols is 1. The third kappa shape index (κ3) is 2.12. The third-order valence-corrected chi connectivity index (χ3v) is 2.67. The number of thiazole rings is 1. The van der Waals surface area contributed by atoms with E-state index in [4.69, 9.17) is 0 Å². The van der Waals surface area contributed by atoms with Crippen LogP contribution >= 0.6 is 11.3 Å². The van der Waals surface area contributed by atoms with Crippen molar-refractivity contribution >= 4 is 23.2 Å². The van der Waals surface area contributed by atoms with Crippen LogP contribution in [0.4, 0.5) is 5.69 Å². The Kier molecular flexibility index (Phi) is 2.74. The molecule has 0 aliphatic carbocycles. The summed E-state index contributed by atoms with van der Waals surface area (Å²) in [7, 11) is 0. The third-order valence-electron chi connectivity index (χ3n) is 1.86. The number of hydrogen-bond donors (Lipinski definition) is 3. The summed E-state index contributed by atoms with van der Waals surface area (Å²) in [5, 5.41) is 18.7. The molecular formula is C10H8N2O3S. The van der Waals surface area contributed by atoms with E-state index in [1.807, 2.05) is 0 Å². The van der Waals surface area contributed by atoms with E-state index < -0.39 is 0 Å². The molecule has 0 aliphatic heterocycles. The van der Waals surface area contributed by atoms with Crippen LogP contribution in [0.3, 0.4) is 0 Å². The molecule has 0 spiro atoms. The van der Waals surface area contributed by atoms with Crippen molar-refractivity contribution in [2.75, 3.05) is 0 Å². The molecule has 0 aliphatic rings. The number of nitrogens with zero attached hydrogens (tertiary/aromatic N) is 1. The number of aromatic nitrogens is 1. The standard InChI is InChI=1S/C10H8N2O3S/c13-7-4-2-1-3-6(7)11-5-8-9(14)12-10(15)16-8/h1-5,13-14H,(H,12,15). The summed E-state index contributed by atoms with van der Waals surface area (Å²) < 4.78 is 0. The number of rotatable bonds is 2. The van der Waals surface area contributed by atoms with Gasteiger partial charge in [0.1, 0.15) is 16.3 Å². The average Bonchev–Trinajstić information content (AvgIpc) is 2.56. The molecule has 0 amide bonds. The van der Waals surface area contributed by atoms with Gasteiger partial charge >= 0.3 is 4.87 Å². The van der Waals surface area contributed by atoms with Gasteiger partial charge in [-0.3, -0.25) is 14.8 Å². The molecule has 1 aromatic heterocycles. The van der Waals surface area contributed by atoms with E-state index in [-0.39, 0.29) is 16.5 Å². The van der Waals surface area contributed by atoms with Crippen LogP contribution < -0.4 is 4.87 Å². The van der Waals surface area contributed by atoms with Gasteiger partial charge in [0.05, 0.1) is 6.21 Å². The van der Waals surface area contributed by atoms with Crippen LogP contribution in [0.5, 0.6) is 11.6 Å². The van der Waals surface area contributed by atoms with Crippen molar-refractivity contribution < 1.29 is 10.2 Å². The Morgan fingerprint density at radius 1 is 1.31 bits per heavy atom. The molecule has 1 heterocycles. The molecular weight excluding hydrogens is 228 g/mol. The van der Waals surface area contributed by atoms with E-state index in [2.05, 4.69) is 9.98 Å². The Balaban J connectivity index is 2.32. The van der Waals surface area contributed by atoms with E-state index >= 15 is 0 Å². The lowest BCUT2D eigenvalue weighted by atomic mass is 10.3. The molecule has 1 aromatic carbocycles. The van der Waals surface area contributed by atoms with Gasteiger partial charge < -0.3 is 10.2 Å². The maximum absolute atomic E-state index is 10.9. The predicted octanol–water partition coefficient (Wildman–Crippen LogP) is 1.60. The Morgan fingerprint density at radius 3 is 2.69 bits per heavy atom. The fourth-order valence-electron chi connectivity index (χ4n) is 1.12. The van der Waals surface area contributed by atoms with E-state index in [1.165, 1.54) is 12.3 Å². The minimum Gasteiger partial charge on any atom is -0.506 e. The van der Waals surface area contributed by atoms with Crippen LogP contribution in [-0.2, 0) is 0 Å². The Hall–Kier alpha value is -2.08. The van der Waals surface area contributed by atoms with Crippen molar-refractivity contribution in [3.8, 4) is 11.6 Å². The molecule has 2 aromatic rings. The molecule has 16 heavy (non-hydrogen) atoms. The van der Waals surface area contributed by atoms with Gasteiger partial charge in [-0.1, -0.05) is 23.5 Å². The number of aromatic amines is 1. The van der Waals surface area contributed by atoms with Crippen molar-refractivity contribution in [1.82, 2.24) is 4.98 Å². The van der Waals surface area contributed by atoms with Gasteiger partial charge in [0.2, 0.25) is 5.88 Å². The first kappa shape index (κ1) is 10.4. The molecule has 0 atom stereocenters. The van der Waals surface area contributed by atoms with Crippen LogP contribution in [0.15, 0.2) is 34.1 Å². The zero-order valence-electron chi connectivity index (χ0n) is 8.04. The fraction of sp³-hybridized carbons (Fsp3) is 0. The van der Waals surface area contributed by atoms with E-state index in [0.29, 0.717) is 10.6 Å². The summed E-state index contributed by atoms with van der Waals surface area (Å²) in [6, 6.07) is 6.54. The molecule has 0 fully saturated rings. The van der Waals surface area contributed by atoms with E-state index in [9.17, 15) is 15.0 Å². The number of benzene rings is 1. The molecule has 0 unspecified atom stereocenters. The lowest BCUT2D eigenvalue weighted by molar-refractivity contribution is 0.455. The van der Waals surface area contributed by atoms with Crippen molar-refractivity contribution in [2.45, 2.75) is 0 Å². The number of hydrogen-bond acceptors (Lipinski definition) is 5. The summed E-state index contributed by atoms with van der Waals surface area (Å²) in [4.78, 5) is 17.0. The highest BCUT2D eigenvalue weighted by Crippen LogP contribution is 2.25. The van der Waals surface area contributed by atoms with Gasteiger partial charge in [-0.25, -0.2) is 0 Å². The zero-order chi connectivity index (χ0) is 11.5. The first-order valence-electron chi connectivity index (χ1n) is 4.41. The SMILES string of the molecule is O=c1[nH]c(O)c(C=Nc2ccccc2O)s1. The summed E-state index contributed by atoms with van der Waals surface area (Å²) >= 11 is 0.847. The quantitative estimate of drug-likeness (QED) is 0.692. The normalized spacial score (nSPS) is 11.0.